The fraction of sp³-hybridized carbons (Fsp3) is 0.318. The van der Waals surface area contributed by atoms with Crippen molar-refractivity contribution in [3.63, 3.8) is 0 Å². The number of hydrogen-bond acceptors (Lipinski definition) is 5. The van der Waals surface area contributed by atoms with E-state index in [2.05, 4.69) is 11.9 Å². The monoisotopic (exact) mass is 411 g/mol. The molecule has 0 amide bonds. The van der Waals surface area contributed by atoms with E-state index in [1.54, 1.807) is 22.9 Å². The third kappa shape index (κ3) is 3.80. The first-order valence-corrected chi connectivity index (χ1v) is 11.6. The SMILES string of the molecule is CN1CCC(c2cn(N)c3ccc(C(=O)c4ccc(S(C)(=O)=O)cc4)cc23)CC1. The van der Waals surface area contributed by atoms with Gasteiger partial charge in [-0.1, -0.05) is 0 Å². The second-order valence-corrected chi connectivity index (χ2v) is 9.94. The number of piperidine rings is 1. The second-order valence-electron chi connectivity index (χ2n) is 7.93. The van der Waals surface area contributed by atoms with Gasteiger partial charge in [0.2, 0.25) is 0 Å². The van der Waals surface area contributed by atoms with Crippen LogP contribution in [-0.4, -0.2) is 50.2 Å². The van der Waals surface area contributed by atoms with Crippen LogP contribution in [0.5, 0.6) is 0 Å². The summed E-state index contributed by atoms with van der Waals surface area (Å²) in [5.41, 5.74) is 3.13. The summed E-state index contributed by atoms with van der Waals surface area (Å²) in [5.74, 6) is 6.47. The van der Waals surface area contributed by atoms with Crippen molar-refractivity contribution in [3.05, 3.63) is 65.4 Å². The van der Waals surface area contributed by atoms with Crippen LogP contribution in [0, 0.1) is 0 Å². The van der Waals surface area contributed by atoms with Crippen LogP contribution in [0.25, 0.3) is 10.9 Å². The van der Waals surface area contributed by atoms with E-state index in [1.165, 1.54) is 17.7 Å². The fourth-order valence-electron chi connectivity index (χ4n) is 4.09. The van der Waals surface area contributed by atoms with Crippen molar-refractivity contribution in [2.75, 3.05) is 32.2 Å². The van der Waals surface area contributed by atoms with Crippen LogP contribution < -0.4 is 5.84 Å². The second kappa shape index (κ2) is 7.31. The van der Waals surface area contributed by atoms with Crippen molar-refractivity contribution in [1.82, 2.24) is 9.58 Å². The van der Waals surface area contributed by atoms with Gasteiger partial charge in [-0.3, -0.25) is 9.47 Å². The van der Waals surface area contributed by atoms with Gasteiger partial charge in [0, 0.05) is 29.0 Å². The quantitative estimate of drug-likeness (QED) is 0.527. The first kappa shape index (κ1) is 19.7. The Kier molecular flexibility index (Phi) is 4.96. The van der Waals surface area contributed by atoms with E-state index >= 15 is 0 Å². The standard InChI is InChI=1S/C22H25N3O3S/c1-24-11-9-15(10-12-24)20-14-25(23)21-8-5-17(13-19(20)21)22(26)16-3-6-18(7-4-16)29(2,27)28/h3-8,13-15H,9-12,23H2,1-2H3. The largest absolute Gasteiger partial charge is 0.339 e. The van der Waals surface area contributed by atoms with Crippen LogP contribution in [0.15, 0.2) is 53.6 Å². The molecule has 7 heteroatoms. The van der Waals surface area contributed by atoms with Crippen molar-refractivity contribution in [2.45, 2.75) is 23.7 Å². The molecule has 4 rings (SSSR count). The summed E-state index contributed by atoms with van der Waals surface area (Å²) in [4.78, 5) is 15.5. The molecule has 0 saturated carbocycles. The highest BCUT2D eigenvalue weighted by atomic mass is 32.2. The van der Waals surface area contributed by atoms with E-state index in [1.807, 2.05) is 18.3 Å². The number of hydrogen-bond donors (Lipinski definition) is 1. The molecule has 0 aliphatic carbocycles. The lowest BCUT2D eigenvalue weighted by Gasteiger charge is -2.28. The summed E-state index contributed by atoms with van der Waals surface area (Å²) in [5, 5.41) is 1.01. The summed E-state index contributed by atoms with van der Waals surface area (Å²) in [6, 6.07) is 11.6. The maximum Gasteiger partial charge on any atom is 0.193 e. The van der Waals surface area contributed by atoms with Crippen LogP contribution in [0.2, 0.25) is 0 Å². The zero-order valence-corrected chi connectivity index (χ0v) is 17.4. The summed E-state index contributed by atoms with van der Waals surface area (Å²) in [6.45, 7) is 2.10. The van der Waals surface area contributed by atoms with E-state index in [0.29, 0.717) is 17.0 Å². The topological polar surface area (TPSA) is 85.4 Å². The van der Waals surface area contributed by atoms with E-state index in [9.17, 15) is 13.2 Å². The Morgan fingerprint density at radius 2 is 1.66 bits per heavy atom. The number of fused-ring (bicyclic) bond motifs is 1. The molecule has 1 saturated heterocycles. The summed E-state index contributed by atoms with van der Waals surface area (Å²) < 4.78 is 24.9. The number of ketones is 1. The van der Waals surface area contributed by atoms with Crippen LogP contribution >= 0.6 is 0 Å². The van der Waals surface area contributed by atoms with Crippen LogP contribution in [0.4, 0.5) is 0 Å². The van der Waals surface area contributed by atoms with E-state index in [-0.39, 0.29) is 10.7 Å². The number of carbonyl (C=O) groups is 1. The van der Waals surface area contributed by atoms with Crippen molar-refractivity contribution < 1.29 is 13.2 Å². The van der Waals surface area contributed by atoms with Gasteiger partial charge in [0.15, 0.2) is 15.6 Å². The van der Waals surface area contributed by atoms with Gasteiger partial charge in [0.05, 0.1) is 10.4 Å². The van der Waals surface area contributed by atoms with Crippen LogP contribution in [0.3, 0.4) is 0 Å². The van der Waals surface area contributed by atoms with Gasteiger partial charge in [-0.25, -0.2) is 8.42 Å². The maximum atomic E-state index is 13.0. The zero-order chi connectivity index (χ0) is 20.8. The van der Waals surface area contributed by atoms with Crippen molar-refractivity contribution in [1.29, 1.82) is 0 Å². The lowest BCUT2D eigenvalue weighted by Crippen LogP contribution is -2.29. The number of nitrogens with zero attached hydrogens (tertiary/aromatic N) is 2. The Balaban J connectivity index is 1.69. The Bertz CT molecular complexity index is 1170. The van der Waals surface area contributed by atoms with E-state index in [0.717, 1.165) is 43.1 Å². The minimum absolute atomic E-state index is 0.133. The molecule has 1 aromatic heterocycles. The first-order valence-electron chi connectivity index (χ1n) is 9.67. The molecule has 2 N–H and O–H groups in total. The minimum Gasteiger partial charge on any atom is -0.339 e. The van der Waals surface area contributed by atoms with Gasteiger partial charge in [-0.05, 0) is 86.9 Å². The number of nitrogen functional groups attached to an aromatic ring is 1. The summed E-state index contributed by atoms with van der Waals surface area (Å²) in [7, 11) is -1.16. The Labute approximate surface area is 170 Å². The molecule has 6 nitrogen and oxygen atoms in total. The molecular weight excluding hydrogens is 386 g/mol. The first-order chi connectivity index (χ1) is 13.7. The highest BCUT2D eigenvalue weighted by Crippen LogP contribution is 2.34. The van der Waals surface area contributed by atoms with Gasteiger partial charge in [0.1, 0.15) is 0 Å². The van der Waals surface area contributed by atoms with Crippen LogP contribution in [-0.2, 0) is 9.84 Å². The Hall–Kier alpha value is -2.64. The predicted molar refractivity (Wildman–Crippen MR) is 115 cm³/mol. The number of carbonyl (C=O) groups excluding carboxylic acids is 1. The highest BCUT2D eigenvalue weighted by molar-refractivity contribution is 7.90. The molecule has 1 fully saturated rings. The number of sulfone groups is 1. The summed E-state index contributed by atoms with van der Waals surface area (Å²) >= 11 is 0. The van der Waals surface area contributed by atoms with Gasteiger partial charge in [-0.15, -0.1) is 0 Å². The third-order valence-electron chi connectivity index (χ3n) is 5.83. The smallest absolute Gasteiger partial charge is 0.193 e. The lowest BCUT2D eigenvalue weighted by molar-refractivity contribution is 0.103. The average molecular weight is 412 g/mol. The molecule has 152 valence electrons. The number of likely N-dealkylation sites (tertiary alicyclic amines) is 1. The van der Waals surface area contributed by atoms with Crippen molar-refractivity contribution >= 4 is 26.5 Å². The Morgan fingerprint density at radius 1 is 1.03 bits per heavy atom. The van der Waals surface area contributed by atoms with E-state index in [4.69, 9.17) is 5.84 Å². The van der Waals surface area contributed by atoms with Gasteiger partial charge < -0.3 is 10.7 Å². The van der Waals surface area contributed by atoms with Gasteiger partial charge in [0.25, 0.3) is 0 Å². The molecule has 0 atom stereocenters. The van der Waals surface area contributed by atoms with Gasteiger partial charge in [-0.2, -0.15) is 0 Å². The molecule has 3 aromatic rings. The number of benzene rings is 2. The number of nitrogens with two attached hydrogens (primary N) is 1. The van der Waals surface area contributed by atoms with E-state index < -0.39 is 9.84 Å². The molecule has 29 heavy (non-hydrogen) atoms. The molecule has 0 unspecified atom stereocenters. The van der Waals surface area contributed by atoms with Crippen molar-refractivity contribution in [2.24, 2.45) is 0 Å². The average Bonchev–Trinajstić information content (AvgIpc) is 3.03. The predicted octanol–water partition coefficient (Wildman–Crippen LogP) is 2.80. The zero-order valence-electron chi connectivity index (χ0n) is 16.6. The molecule has 0 spiro atoms. The van der Waals surface area contributed by atoms with Crippen LogP contribution in [0.1, 0.15) is 40.2 Å². The molecule has 2 heterocycles. The fourth-order valence-corrected chi connectivity index (χ4v) is 4.72. The third-order valence-corrected chi connectivity index (χ3v) is 6.96. The normalized spacial score (nSPS) is 16.3. The number of rotatable bonds is 4. The molecular formula is C22H25N3O3S. The Morgan fingerprint density at radius 3 is 2.28 bits per heavy atom. The van der Waals surface area contributed by atoms with Gasteiger partial charge >= 0.3 is 0 Å². The maximum absolute atomic E-state index is 13.0. The molecule has 2 aromatic carbocycles. The minimum atomic E-state index is -3.29. The molecule has 0 radical (unpaired) electrons. The van der Waals surface area contributed by atoms with Crippen molar-refractivity contribution in [3.8, 4) is 0 Å². The number of aromatic nitrogens is 1. The molecule has 1 aliphatic heterocycles. The molecule has 1 aliphatic rings. The molecule has 0 bridgehead atoms. The lowest BCUT2D eigenvalue weighted by atomic mass is 9.88. The summed E-state index contributed by atoms with van der Waals surface area (Å²) in [6.07, 6.45) is 5.27. The highest BCUT2D eigenvalue weighted by Gasteiger charge is 2.23.